The summed E-state index contributed by atoms with van der Waals surface area (Å²) in [6, 6.07) is 4.08. The van der Waals surface area contributed by atoms with E-state index in [2.05, 4.69) is 17.2 Å². The molecule has 0 radical (unpaired) electrons. The van der Waals surface area contributed by atoms with Gasteiger partial charge < -0.3 is 35.4 Å². The van der Waals surface area contributed by atoms with Gasteiger partial charge >= 0.3 is 10.1 Å². The van der Waals surface area contributed by atoms with Crippen LogP contribution in [-0.4, -0.2) is 76.2 Å². The van der Waals surface area contributed by atoms with Gasteiger partial charge in [0.1, 0.15) is 24.0 Å². The third kappa shape index (κ3) is 4.77. The Bertz CT molecular complexity index is 904. The topological polar surface area (TPSA) is 192 Å². The van der Waals surface area contributed by atoms with Crippen LogP contribution >= 0.6 is 0 Å². The number of nitrogens with one attached hydrogen (secondary N) is 2. The molecule has 1 fully saturated rings. The van der Waals surface area contributed by atoms with Crippen LogP contribution in [0, 0.1) is 0 Å². The molecular weight excluding hydrogens is 424 g/mol. The zero-order chi connectivity index (χ0) is 22.7. The summed E-state index contributed by atoms with van der Waals surface area (Å²) in [7, 11) is -5.36. The predicted molar refractivity (Wildman–Crippen MR) is 102 cm³/mol. The van der Waals surface area contributed by atoms with Crippen molar-refractivity contribution in [3.05, 3.63) is 36.9 Å². The van der Waals surface area contributed by atoms with E-state index in [1.54, 1.807) is 0 Å². The fraction of sp³-hybridized carbons (Fsp3) is 0.412. The summed E-state index contributed by atoms with van der Waals surface area (Å²) in [5.74, 6) is -1.05. The van der Waals surface area contributed by atoms with Gasteiger partial charge in [-0.25, -0.2) is 0 Å². The molecule has 1 saturated heterocycles. The average Bonchev–Trinajstić information content (AvgIpc) is 2.67. The number of anilines is 1. The van der Waals surface area contributed by atoms with Gasteiger partial charge in [0, 0.05) is 12.6 Å². The summed E-state index contributed by atoms with van der Waals surface area (Å²) >= 11 is 0. The molecule has 1 aliphatic rings. The molecule has 1 aromatic rings. The van der Waals surface area contributed by atoms with Crippen molar-refractivity contribution in [2.75, 3.05) is 11.9 Å². The SMILES string of the molecule is C=CC(=O)Nc1ccc(O[C@H]2O[C@@H](CO)C(O)(S(=O)(=O)O)[C@@H](O)[C@@H]2NC(C)=O)cc1. The van der Waals surface area contributed by atoms with Gasteiger partial charge in [-0.3, -0.25) is 14.1 Å². The third-order valence-electron chi connectivity index (χ3n) is 4.33. The lowest BCUT2D eigenvalue weighted by atomic mass is 9.96. The summed E-state index contributed by atoms with van der Waals surface area (Å²) < 4.78 is 43.6. The maximum atomic E-state index is 11.7. The van der Waals surface area contributed by atoms with E-state index in [1.807, 2.05) is 0 Å². The first-order chi connectivity index (χ1) is 13.9. The molecule has 0 saturated carbocycles. The molecule has 0 spiro atoms. The molecule has 0 aliphatic carbocycles. The minimum atomic E-state index is -5.36. The monoisotopic (exact) mass is 446 g/mol. The molecule has 1 heterocycles. The number of hydrogen-bond donors (Lipinski definition) is 6. The van der Waals surface area contributed by atoms with Crippen molar-refractivity contribution < 1.29 is 47.4 Å². The van der Waals surface area contributed by atoms with E-state index in [-0.39, 0.29) is 5.75 Å². The molecular formula is C17H22N2O10S. The van der Waals surface area contributed by atoms with Crippen LogP contribution in [0.15, 0.2) is 36.9 Å². The van der Waals surface area contributed by atoms with Crippen molar-refractivity contribution in [2.24, 2.45) is 0 Å². The first kappa shape index (κ1) is 23.7. The highest BCUT2D eigenvalue weighted by Crippen LogP contribution is 2.35. The van der Waals surface area contributed by atoms with Gasteiger partial charge in [-0.05, 0) is 30.3 Å². The highest BCUT2D eigenvalue weighted by Gasteiger charge is 2.63. The van der Waals surface area contributed by atoms with Crippen LogP contribution in [0.3, 0.4) is 0 Å². The maximum absolute atomic E-state index is 11.7. The number of carbonyl (C=O) groups excluding carboxylic acids is 2. The second kappa shape index (κ2) is 9.07. The summed E-state index contributed by atoms with van der Waals surface area (Å²) in [5, 5.41) is 35.0. The Labute approximate surface area is 171 Å². The molecule has 0 bridgehead atoms. The van der Waals surface area contributed by atoms with Crippen molar-refractivity contribution in [3.8, 4) is 5.75 Å². The van der Waals surface area contributed by atoms with Gasteiger partial charge in [-0.2, -0.15) is 8.42 Å². The number of benzene rings is 1. The molecule has 0 aromatic heterocycles. The van der Waals surface area contributed by atoms with Gasteiger partial charge in [0.05, 0.1) is 6.61 Å². The number of aliphatic hydroxyl groups is 3. The van der Waals surface area contributed by atoms with Crippen LogP contribution < -0.4 is 15.4 Å². The maximum Gasteiger partial charge on any atom is 0.300 e. The molecule has 2 amide bonds. The number of hydrogen-bond acceptors (Lipinski definition) is 9. The molecule has 1 aliphatic heterocycles. The number of aliphatic hydroxyl groups excluding tert-OH is 2. The molecule has 12 nitrogen and oxygen atoms in total. The van der Waals surface area contributed by atoms with E-state index in [9.17, 15) is 37.9 Å². The van der Waals surface area contributed by atoms with Crippen LogP contribution in [0.25, 0.3) is 0 Å². The third-order valence-corrected chi connectivity index (χ3v) is 5.66. The van der Waals surface area contributed by atoms with Crippen molar-refractivity contribution in [3.63, 3.8) is 0 Å². The smallest absolute Gasteiger partial charge is 0.300 e. The molecule has 13 heteroatoms. The Morgan fingerprint density at radius 3 is 2.40 bits per heavy atom. The van der Waals surface area contributed by atoms with Crippen LogP contribution in [0.2, 0.25) is 0 Å². The molecule has 166 valence electrons. The quantitative estimate of drug-likeness (QED) is 0.209. The lowest BCUT2D eigenvalue weighted by molar-refractivity contribution is -0.259. The van der Waals surface area contributed by atoms with Gasteiger partial charge in [0.15, 0.2) is 0 Å². The van der Waals surface area contributed by atoms with E-state index < -0.39 is 58.0 Å². The molecule has 30 heavy (non-hydrogen) atoms. The summed E-state index contributed by atoms with van der Waals surface area (Å²) in [6.45, 7) is 3.28. The Balaban J connectivity index is 2.32. The predicted octanol–water partition coefficient (Wildman–Crippen LogP) is -1.65. The Hall–Kier alpha value is -2.55. The molecule has 6 N–H and O–H groups in total. The van der Waals surface area contributed by atoms with Gasteiger partial charge in [0.25, 0.3) is 0 Å². The Morgan fingerprint density at radius 2 is 1.93 bits per heavy atom. The van der Waals surface area contributed by atoms with E-state index in [4.69, 9.17) is 9.47 Å². The van der Waals surface area contributed by atoms with Crippen LogP contribution in [0.4, 0.5) is 5.69 Å². The Morgan fingerprint density at radius 1 is 1.33 bits per heavy atom. The van der Waals surface area contributed by atoms with Crippen molar-refractivity contribution in [2.45, 2.75) is 36.4 Å². The summed E-state index contributed by atoms with van der Waals surface area (Å²) in [4.78, 5) is 19.5. The lowest BCUT2D eigenvalue weighted by Gasteiger charge is -2.47. The average molecular weight is 446 g/mol. The zero-order valence-corrected chi connectivity index (χ0v) is 16.6. The zero-order valence-electron chi connectivity index (χ0n) is 15.8. The van der Waals surface area contributed by atoms with Crippen molar-refractivity contribution in [1.29, 1.82) is 0 Å². The number of carbonyl (C=O) groups is 2. The largest absolute Gasteiger partial charge is 0.463 e. The minimum Gasteiger partial charge on any atom is -0.463 e. The van der Waals surface area contributed by atoms with Gasteiger partial charge in [-0.1, -0.05) is 6.58 Å². The van der Waals surface area contributed by atoms with Crippen LogP contribution in [0.5, 0.6) is 5.75 Å². The number of ether oxygens (including phenoxy) is 2. The number of amides is 2. The Kier molecular flexibility index (Phi) is 7.18. The van der Waals surface area contributed by atoms with Gasteiger partial charge in [0.2, 0.25) is 23.0 Å². The van der Waals surface area contributed by atoms with Crippen molar-refractivity contribution in [1.82, 2.24) is 5.32 Å². The molecule has 5 atom stereocenters. The van der Waals surface area contributed by atoms with E-state index in [0.717, 1.165) is 13.0 Å². The molecule has 1 unspecified atom stereocenters. The summed E-state index contributed by atoms with van der Waals surface area (Å²) in [5.41, 5.74) is 0.407. The van der Waals surface area contributed by atoms with E-state index in [1.165, 1.54) is 24.3 Å². The highest BCUT2D eigenvalue weighted by atomic mass is 32.2. The van der Waals surface area contributed by atoms with E-state index in [0.29, 0.717) is 5.69 Å². The normalized spacial score (nSPS) is 29.0. The minimum absolute atomic E-state index is 0.119. The van der Waals surface area contributed by atoms with Crippen molar-refractivity contribution >= 4 is 27.6 Å². The fourth-order valence-corrected chi connectivity index (χ4v) is 3.77. The fourth-order valence-electron chi connectivity index (χ4n) is 2.86. The molecule has 2 rings (SSSR count). The second-order valence-corrected chi connectivity index (χ2v) is 8.01. The first-order valence-electron chi connectivity index (χ1n) is 8.55. The first-order valence-corrected chi connectivity index (χ1v) is 9.99. The van der Waals surface area contributed by atoms with E-state index >= 15 is 0 Å². The van der Waals surface area contributed by atoms with Gasteiger partial charge in [-0.15, -0.1) is 0 Å². The lowest BCUT2D eigenvalue weighted by Crippen LogP contribution is -2.73. The standard InChI is InChI=1S/C17H22N2O10S/c1-3-13(22)19-10-4-6-11(7-5-10)28-16-14(18-9(2)21)15(23)17(24,30(25,26)27)12(8-20)29-16/h3-7,12,14-16,20,23-24H,1,8H2,2H3,(H,18,21)(H,19,22)(H,25,26,27)/t12-,14-,15-,16-,17?/m0/s1. The van der Waals surface area contributed by atoms with Crippen LogP contribution in [0.1, 0.15) is 6.92 Å². The molecule has 1 aromatic carbocycles. The summed E-state index contributed by atoms with van der Waals surface area (Å²) in [6.07, 6.45) is -4.80. The highest BCUT2D eigenvalue weighted by molar-refractivity contribution is 7.87. The second-order valence-electron chi connectivity index (χ2n) is 6.41. The number of rotatable bonds is 7. The van der Waals surface area contributed by atoms with Crippen LogP contribution in [-0.2, 0) is 24.4 Å².